The largest absolute Gasteiger partial charge is 0.392 e. The molecular formula is C23H50N2O. The van der Waals surface area contributed by atoms with Gasteiger partial charge >= 0.3 is 0 Å². The zero-order valence-electron chi connectivity index (χ0n) is 18.4. The molecule has 0 fully saturated rings. The van der Waals surface area contributed by atoms with Gasteiger partial charge in [0.1, 0.15) is 0 Å². The molecule has 0 aromatic carbocycles. The predicted molar refractivity (Wildman–Crippen MR) is 117 cm³/mol. The van der Waals surface area contributed by atoms with Crippen LogP contribution in [-0.4, -0.2) is 49.8 Å². The first-order valence-electron chi connectivity index (χ1n) is 11.7. The Bertz CT molecular complexity index is 259. The van der Waals surface area contributed by atoms with E-state index in [1.165, 1.54) is 89.9 Å². The molecule has 3 heteroatoms. The maximum Gasteiger partial charge on any atom is 0.0664 e. The summed E-state index contributed by atoms with van der Waals surface area (Å²) in [7, 11) is 4.20. The molecule has 158 valence electrons. The second-order valence-electron chi connectivity index (χ2n) is 8.40. The first-order valence-corrected chi connectivity index (χ1v) is 11.7. The van der Waals surface area contributed by atoms with E-state index in [0.717, 1.165) is 32.5 Å². The van der Waals surface area contributed by atoms with Crippen LogP contribution in [0.5, 0.6) is 0 Å². The molecule has 1 unspecified atom stereocenters. The topological polar surface area (TPSA) is 35.5 Å². The van der Waals surface area contributed by atoms with Gasteiger partial charge in [0, 0.05) is 6.54 Å². The van der Waals surface area contributed by atoms with Crippen molar-refractivity contribution in [2.24, 2.45) is 0 Å². The third-order valence-corrected chi connectivity index (χ3v) is 5.23. The van der Waals surface area contributed by atoms with Gasteiger partial charge in [0.25, 0.3) is 0 Å². The highest BCUT2D eigenvalue weighted by Gasteiger charge is 2.03. The lowest BCUT2D eigenvalue weighted by atomic mass is 10.0. The number of unbranched alkanes of at least 4 members (excludes halogenated alkanes) is 13. The summed E-state index contributed by atoms with van der Waals surface area (Å²) < 4.78 is 0. The Morgan fingerprint density at radius 3 is 1.62 bits per heavy atom. The lowest BCUT2D eigenvalue weighted by Crippen LogP contribution is -2.29. The van der Waals surface area contributed by atoms with Crippen LogP contribution in [0.3, 0.4) is 0 Å². The van der Waals surface area contributed by atoms with Crippen LogP contribution in [-0.2, 0) is 0 Å². The van der Waals surface area contributed by atoms with Crippen LogP contribution < -0.4 is 5.32 Å². The maximum absolute atomic E-state index is 9.98. The lowest BCUT2D eigenvalue weighted by Gasteiger charge is -2.13. The molecule has 0 aliphatic carbocycles. The van der Waals surface area contributed by atoms with Gasteiger partial charge in [-0.15, -0.1) is 0 Å². The standard InChI is InChI=1S/C23H50N2O/c1-4-5-6-7-8-9-10-11-12-13-14-15-16-17-19-23(26)22-24-20-18-21-25(2)3/h23-24,26H,4-22H2,1-3H3. The minimum absolute atomic E-state index is 0.160. The van der Waals surface area contributed by atoms with Crippen LogP contribution >= 0.6 is 0 Å². The van der Waals surface area contributed by atoms with Crippen molar-refractivity contribution < 1.29 is 5.11 Å². The van der Waals surface area contributed by atoms with Crippen molar-refractivity contribution in [3.8, 4) is 0 Å². The average molecular weight is 371 g/mol. The molecule has 2 N–H and O–H groups in total. The van der Waals surface area contributed by atoms with E-state index in [2.05, 4.69) is 31.2 Å². The highest BCUT2D eigenvalue weighted by molar-refractivity contribution is 4.61. The van der Waals surface area contributed by atoms with Crippen molar-refractivity contribution in [2.45, 2.75) is 116 Å². The summed E-state index contributed by atoms with van der Waals surface area (Å²) in [6, 6.07) is 0. The van der Waals surface area contributed by atoms with Crippen LogP contribution in [0.1, 0.15) is 110 Å². The van der Waals surface area contributed by atoms with Crippen LogP contribution in [0.2, 0.25) is 0 Å². The second kappa shape index (κ2) is 21.2. The van der Waals surface area contributed by atoms with Gasteiger partial charge in [-0.2, -0.15) is 0 Å². The fourth-order valence-electron chi connectivity index (χ4n) is 3.47. The van der Waals surface area contributed by atoms with Crippen LogP contribution in [0.15, 0.2) is 0 Å². The van der Waals surface area contributed by atoms with Crippen molar-refractivity contribution in [3.05, 3.63) is 0 Å². The Morgan fingerprint density at radius 2 is 1.15 bits per heavy atom. The SMILES string of the molecule is CCCCCCCCCCCCCCCCC(O)CNCCCN(C)C. The number of nitrogens with zero attached hydrogens (tertiary/aromatic N) is 1. The summed E-state index contributed by atoms with van der Waals surface area (Å²) in [4.78, 5) is 2.20. The summed E-state index contributed by atoms with van der Waals surface area (Å²) in [6.45, 7) is 5.16. The van der Waals surface area contributed by atoms with E-state index in [0.29, 0.717) is 0 Å². The summed E-state index contributed by atoms with van der Waals surface area (Å²) in [6.07, 6.45) is 21.4. The monoisotopic (exact) mass is 370 g/mol. The van der Waals surface area contributed by atoms with E-state index in [9.17, 15) is 5.11 Å². The predicted octanol–water partition coefficient (Wildman–Crippen LogP) is 5.76. The molecule has 0 saturated carbocycles. The zero-order valence-corrected chi connectivity index (χ0v) is 18.4. The Balaban J connectivity index is 3.12. The van der Waals surface area contributed by atoms with Gasteiger partial charge < -0.3 is 15.3 Å². The minimum Gasteiger partial charge on any atom is -0.392 e. The highest BCUT2D eigenvalue weighted by atomic mass is 16.3. The van der Waals surface area contributed by atoms with E-state index < -0.39 is 0 Å². The van der Waals surface area contributed by atoms with Crippen LogP contribution in [0.25, 0.3) is 0 Å². The molecule has 0 heterocycles. The molecule has 1 atom stereocenters. The Labute approximate surface area is 165 Å². The van der Waals surface area contributed by atoms with Gasteiger partial charge in [0.15, 0.2) is 0 Å². The molecule has 0 aromatic rings. The van der Waals surface area contributed by atoms with Crippen molar-refractivity contribution in [1.82, 2.24) is 10.2 Å². The van der Waals surface area contributed by atoms with Gasteiger partial charge in [-0.1, -0.05) is 96.8 Å². The molecule has 0 spiro atoms. The smallest absolute Gasteiger partial charge is 0.0664 e. The zero-order chi connectivity index (χ0) is 19.3. The average Bonchev–Trinajstić information content (AvgIpc) is 2.61. The van der Waals surface area contributed by atoms with Gasteiger partial charge in [-0.05, 0) is 40.0 Å². The van der Waals surface area contributed by atoms with Crippen LogP contribution in [0, 0.1) is 0 Å². The molecule has 0 radical (unpaired) electrons. The summed E-state index contributed by atoms with van der Waals surface area (Å²) in [5.74, 6) is 0. The highest BCUT2D eigenvalue weighted by Crippen LogP contribution is 2.13. The number of aliphatic hydroxyl groups is 1. The number of nitrogens with one attached hydrogen (secondary N) is 1. The summed E-state index contributed by atoms with van der Waals surface area (Å²) in [5, 5.41) is 13.3. The fraction of sp³-hybridized carbons (Fsp3) is 1.00. The van der Waals surface area contributed by atoms with E-state index in [4.69, 9.17) is 0 Å². The second-order valence-corrected chi connectivity index (χ2v) is 8.40. The molecule has 0 rings (SSSR count). The number of aliphatic hydroxyl groups excluding tert-OH is 1. The van der Waals surface area contributed by atoms with E-state index in [-0.39, 0.29) is 6.10 Å². The third kappa shape index (κ3) is 21.9. The maximum atomic E-state index is 9.98. The normalized spacial score (nSPS) is 12.8. The van der Waals surface area contributed by atoms with Gasteiger partial charge in [-0.3, -0.25) is 0 Å². The summed E-state index contributed by atoms with van der Waals surface area (Å²) >= 11 is 0. The first kappa shape index (κ1) is 25.9. The van der Waals surface area contributed by atoms with E-state index in [1.54, 1.807) is 0 Å². The molecule has 0 aromatic heterocycles. The Hall–Kier alpha value is -0.120. The Kier molecular flexibility index (Phi) is 21.1. The van der Waals surface area contributed by atoms with E-state index in [1.807, 2.05) is 0 Å². The van der Waals surface area contributed by atoms with Crippen molar-refractivity contribution in [2.75, 3.05) is 33.7 Å². The minimum atomic E-state index is -0.160. The lowest BCUT2D eigenvalue weighted by molar-refractivity contribution is 0.157. The molecule has 0 aliphatic rings. The van der Waals surface area contributed by atoms with Gasteiger partial charge in [0.05, 0.1) is 6.10 Å². The Morgan fingerprint density at radius 1 is 0.692 bits per heavy atom. The van der Waals surface area contributed by atoms with Gasteiger partial charge in [0.2, 0.25) is 0 Å². The number of hydrogen-bond acceptors (Lipinski definition) is 3. The van der Waals surface area contributed by atoms with Crippen molar-refractivity contribution >= 4 is 0 Å². The van der Waals surface area contributed by atoms with Crippen molar-refractivity contribution in [1.29, 1.82) is 0 Å². The first-order chi connectivity index (χ1) is 12.7. The van der Waals surface area contributed by atoms with Gasteiger partial charge in [-0.25, -0.2) is 0 Å². The van der Waals surface area contributed by atoms with Crippen molar-refractivity contribution in [3.63, 3.8) is 0 Å². The van der Waals surface area contributed by atoms with E-state index >= 15 is 0 Å². The molecular weight excluding hydrogens is 320 g/mol. The third-order valence-electron chi connectivity index (χ3n) is 5.23. The molecule has 0 saturated heterocycles. The molecule has 0 aliphatic heterocycles. The molecule has 0 amide bonds. The molecule has 0 bridgehead atoms. The fourth-order valence-corrected chi connectivity index (χ4v) is 3.47. The summed E-state index contributed by atoms with van der Waals surface area (Å²) in [5.41, 5.74) is 0. The van der Waals surface area contributed by atoms with Crippen LogP contribution in [0.4, 0.5) is 0 Å². The molecule has 3 nitrogen and oxygen atoms in total. The quantitative estimate of drug-likeness (QED) is 0.252. The molecule has 26 heavy (non-hydrogen) atoms. The number of hydrogen-bond donors (Lipinski definition) is 2. The number of rotatable bonds is 21.